The maximum atomic E-state index is 6.32. The van der Waals surface area contributed by atoms with Crippen LogP contribution in [0.1, 0.15) is 25.0 Å². The molecule has 0 saturated heterocycles. The number of hydrogen-bond acceptors (Lipinski definition) is 3. The van der Waals surface area contributed by atoms with Crippen LogP contribution in [-0.4, -0.2) is 5.16 Å². The van der Waals surface area contributed by atoms with Crippen molar-refractivity contribution < 1.29 is 4.52 Å². The molecule has 0 aliphatic carbocycles. The summed E-state index contributed by atoms with van der Waals surface area (Å²) < 4.78 is 5.36. The summed E-state index contributed by atoms with van der Waals surface area (Å²) in [7, 11) is 0. The van der Waals surface area contributed by atoms with Crippen LogP contribution in [-0.2, 0) is 6.42 Å². The largest absolute Gasteiger partial charge is 0.381 e. The van der Waals surface area contributed by atoms with Gasteiger partial charge in [0.25, 0.3) is 0 Å². The van der Waals surface area contributed by atoms with Gasteiger partial charge in [-0.25, -0.2) is 0 Å². The molecule has 0 radical (unpaired) electrons. The van der Waals surface area contributed by atoms with Crippen LogP contribution in [0.5, 0.6) is 0 Å². The summed E-state index contributed by atoms with van der Waals surface area (Å²) in [6.07, 6.45) is 0.828. The van der Waals surface area contributed by atoms with E-state index >= 15 is 0 Å². The van der Waals surface area contributed by atoms with Crippen LogP contribution >= 0.6 is 11.6 Å². The Hall–Kier alpha value is -1.48. The molecular formula is C14H17ClN2O. The second-order valence-electron chi connectivity index (χ2n) is 4.91. The van der Waals surface area contributed by atoms with Crippen molar-refractivity contribution in [3.63, 3.8) is 0 Å². The van der Waals surface area contributed by atoms with Crippen molar-refractivity contribution in [2.75, 3.05) is 5.73 Å². The normalized spacial score (nSPS) is 11.2. The molecule has 2 aromatic rings. The van der Waals surface area contributed by atoms with Gasteiger partial charge in [-0.15, -0.1) is 0 Å². The number of benzene rings is 1. The van der Waals surface area contributed by atoms with Crippen molar-refractivity contribution in [2.45, 2.75) is 27.2 Å². The number of hydrogen-bond donors (Lipinski definition) is 1. The van der Waals surface area contributed by atoms with Gasteiger partial charge in [-0.1, -0.05) is 42.7 Å². The Morgan fingerprint density at radius 2 is 2.11 bits per heavy atom. The summed E-state index contributed by atoms with van der Waals surface area (Å²) in [6, 6.07) is 5.85. The maximum Gasteiger partial charge on any atom is 0.173 e. The Labute approximate surface area is 112 Å². The zero-order valence-corrected chi connectivity index (χ0v) is 11.6. The van der Waals surface area contributed by atoms with E-state index in [2.05, 4.69) is 19.0 Å². The number of anilines is 1. The smallest absolute Gasteiger partial charge is 0.173 e. The lowest BCUT2D eigenvalue weighted by molar-refractivity contribution is 0.434. The topological polar surface area (TPSA) is 52.0 Å². The van der Waals surface area contributed by atoms with Crippen molar-refractivity contribution in [3.8, 4) is 11.3 Å². The van der Waals surface area contributed by atoms with Crippen LogP contribution in [0.4, 0.5) is 5.82 Å². The SMILES string of the molecule is Cc1cccc(-c2onc(N)c2CC(C)C)c1Cl. The minimum Gasteiger partial charge on any atom is -0.381 e. The van der Waals surface area contributed by atoms with Gasteiger partial charge in [-0.3, -0.25) is 0 Å². The van der Waals surface area contributed by atoms with E-state index in [1.165, 1.54) is 0 Å². The highest BCUT2D eigenvalue weighted by molar-refractivity contribution is 6.34. The standard InChI is InChI=1S/C14H17ClN2O/c1-8(2)7-11-13(18-17-14(11)16)10-6-4-5-9(3)12(10)15/h4-6,8H,7H2,1-3H3,(H2,16,17). The third kappa shape index (κ3) is 2.36. The molecular weight excluding hydrogens is 248 g/mol. The van der Waals surface area contributed by atoms with E-state index in [1.54, 1.807) is 0 Å². The third-order valence-electron chi connectivity index (χ3n) is 2.87. The first-order valence-corrected chi connectivity index (χ1v) is 6.38. The van der Waals surface area contributed by atoms with Crippen LogP contribution in [0, 0.1) is 12.8 Å². The van der Waals surface area contributed by atoms with E-state index < -0.39 is 0 Å². The summed E-state index contributed by atoms with van der Waals surface area (Å²) in [5.74, 6) is 1.63. The lowest BCUT2D eigenvalue weighted by Gasteiger charge is -2.07. The van der Waals surface area contributed by atoms with Crippen molar-refractivity contribution in [3.05, 3.63) is 34.3 Å². The van der Waals surface area contributed by atoms with E-state index in [4.69, 9.17) is 21.9 Å². The quantitative estimate of drug-likeness (QED) is 0.909. The second kappa shape index (κ2) is 5.02. The van der Waals surface area contributed by atoms with Crippen LogP contribution < -0.4 is 5.73 Å². The van der Waals surface area contributed by atoms with Crippen molar-refractivity contribution >= 4 is 17.4 Å². The van der Waals surface area contributed by atoms with Gasteiger partial charge in [0.15, 0.2) is 11.6 Å². The monoisotopic (exact) mass is 264 g/mol. The highest BCUT2D eigenvalue weighted by atomic mass is 35.5. The average molecular weight is 265 g/mol. The summed E-state index contributed by atoms with van der Waals surface area (Å²) >= 11 is 6.32. The maximum absolute atomic E-state index is 6.32. The van der Waals surface area contributed by atoms with Gasteiger partial charge in [0, 0.05) is 11.1 Å². The number of rotatable bonds is 3. The molecule has 4 heteroatoms. The number of halogens is 1. The van der Waals surface area contributed by atoms with Crippen molar-refractivity contribution in [2.24, 2.45) is 5.92 Å². The molecule has 0 fully saturated rings. The van der Waals surface area contributed by atoms with E-state index in [-0.39, 0.29) is 0 Å². The number of aryl methyl sites for hydroxylation is 1. The molecule has 2 rings (SSSR count). The highest BCUT2D eigenvalue weighted by Gasteiger charge is 2.19. The number of nitrogens with two attached hydrogens (primary N) is 1. The van der Waals surface area contributed by atoms with Gasteiger partial charge in [0.05, 0.1) is 5.02 Å². The fraction of sp³-hybridized carbons (Fsp3) is 0.357. The predicted octanol–water partition coefficient (Wildman–Crippen LogP) is 4.08. The Kier molecular flexibility index (Phi) is 3.62. The summed E-state index contributed by atoms with van der Waals surface area (Å²) in [6.45, 7) is 6.23. The van der Waals surface area contributed by atoms with Crippen LogP contribution in [0.3, 0.4) is 0 Å². The molecule has 0 aliphatic rings. The molecule has 0 bridgehead atoms. The summed E-state index contributed by atoms with van der Waals surface area (Å²) in [4.78, 5) is 0. The van der Waals surface area contributed by atoms with E-state index in [0.717, 1.165) is 23.1 Å². The van der Waals surface area contributed by atoms with E-state index in [9.17, 15) is 0 Å². The molecule has 0 unspecified atom stereocenters. The van der Waals surface area contributed by atoms with Gasteiger partial charge < -0.3 is 10.3 Å². The fourth-order valence-electron chi connectivity index (χ4n) is 1.96. The second-order valence-corrected chi connectivity index (χ2v) is 5.29. The Morgan fingerprint density at radius 1 is 1.39 bits per heavy atom. The van der Waals surface area contributed by atoms with Crippen LogP contribution in [0.25, 0.3) is 11.3 Å². The predicted molar refractivity (Wildman–Crippen MR) is 74.6 cm³/mol. The molecule has 0 aliphatic heterocycles. The molecule has 2 N–H and O–H groups in total. The minimum atomic E-state index is 0.455. The highest BCUT2D eigenvalue weighted by Crippen LogP contribution is 2.35. The molecule has 3 nitrogen and oxygen atoms in total. The van der Waals surface area contributed by atoms with E-state index in [0.29, 0.717) is 22.5 Å². The first-order chi connectivity index (χ1) is 8.50. The van der Waals surface area contributed by atoms with Crippen LogP contribution in [0.2, 0.25) is 5.02 Å². The number of nitrogen functional groups attached to an aromatic ring is 1. The zero-order chi connectivity index (χ0) is 13.3. The molecule has 96 valence electrons. The number of nitrogens with zero attached hydrogens (tertiary/aromatic N) is 1. The van der Waals surface area contributed by atoms with Gasteiger partial charge in [-0.2, -0.15) is 0 Å². The molecule has 1 heterocycles. The third-order valence-corrected chi connectivity index (χ3v) is 3.37. The Balaban J connectivity index is 2.54. The molecule has 0 atom stereocenters. The van der Waals surface area contributed by atoms with Crippen molar-refractivity contribution in [1.82, 2.24) is 5.16 Å². The van der Waals surface area contributed by atoms with Crippen molar-refractivity contribution in [1.29, 1.82) is 0 Å². The van der Waals surface area contributed by atoms with Gasteiger partial charge in [0.1, 0.15) is 0 Å². The summed E-state index contributed by atoms with van der Waals surface area (Å²) in [5, 5.41) is 4.55. The summed E-state index contributed by atoms with van der Waals surface area (Å²) in [5.41, 5.74) is 8.68. The molecule has 0 amide bonds. The van der Waals surface area contributed by atoms with Crippen LogP contribution in [0.15, 0.2) is 22.7 Å². The lowest BCUT2D eigenvalue weighted by Crippen LogP contribution is -1.99. The first-order valence-electron chi connectivity index (χ1n) is 6.00. The Morgan fingerprint density at radius 3 is 2.78 bits per heavy atom. The zero-order valence-electron chi connectivity index (χ0n) is 10.8. The average Bonchev–Trinajstić information content (AvgIpc) is 2.64. The van der Waals surface area contributed by atoms with Gasteiger partial charge >= 0.3 is 0 Å². The first kappa shape index (κ1) is 13.0. The van der Waals surface area contributed by atoms with Gasteiger partial charge in [-0.05, 0) is 30.9 Å². The molecule has 1 aromatic heterocycles. The lowest BCUT2D eigenvalue weighted by atomic mass is 9.99. The van der Waals surface area contributed by atoms with Gasteiger partial charge in [0.2, 0.25) is 0 Å². The molecule has 18 heavy (non-hydrogen) atoms. The Bertz CT molecular complexity index is 561. The molecule has 0 saturated carbocycles. The fourth-order valence-corrected chi connectivity index (χ4v) is 2.17. The molecule has 1 aromatic carbocycles. The minimum absolute atomic E-state index is 0.455. The molecule has 0 spiro atoms. The van der Waals surface area contributed by atoms with E-state index in [1.807, 2.05) is 25.1 Å². The number of aromatic nitrogens is 1.